The first-order valence-electron chi connectivity index (χ1n) is 11.3. The summed E-state index contributed by atoms with van der Waals surface area (Å²) in [6, 6.07) is 13.6. The van der Waals surface area contributed by atoms with Crippen molar-refractivity contribution in [1.82, 2.24) is 4.90 Å². The lowest BCUT2D eigenvalue weighted by Gasteiger charge is -2.26. The number of fused-ring (bicyclic) bond motifs is 1. The molecule has 37 heavy (non-hydrogen) atoms. The quantitative estimate of drug-likeness (QED) is 0.297. The van der Waals surface area contributed by atoms with Crippen LogP contribution >= 0.6 is 0 Å². The smallest absolute Gasteiger partial charge is 0.416 e. The molecule has 10 heteroatoms. The summed E-state index contributed by atoms with van der Waals surface area (Å²) < 4.78 is 50.8. The molecule has 190 valence electrons. The third-order valence-corrected chi connectivity index (χ3v) is 6.17. The molecule has 0 bridgehead atoms. The normalized spacial score (nSPS) is 18.8. The van der Waals surface area contributed by atoms with E-state index < -0.39 is 35.2 Å². The lowest BCUT2D eigenvalue weighted by molar-refractivity contribution is -0.140. The van der Waals surface area contributed by atoms with Gasteiger partial charge >= 0.3 is 6.18 Å². The van der Waals surface area contributed by atoms with E-state index in [0.717, 1.165) is 17.0 Å². The summed E-state index contributed by atoms with van der Waals surface area (Å²) in [6.07, 6.45) is -4.58. The highest BCUT2D eigenvalue weighted by molar-refractivity contribution is 6.46. The van der Waals surface area contributed by atoms with Crippen LogP contribution in [0.15, 0.2) is 72.3 Å². The van der Waals surface area contributed by atoms with Crippen LogP contribution in [0.3, 0.4) is 0 Å². The van der Waals surface area contributed by atoms with Gasteiger partial charge in [-0.1, -0.05) is 24.3 Å². The number of rotatable bonds is 4. The summed E-state index contributed by atoms with van der Waals surface area (Å²) in [4.78, 5) is 27.4. The zero-order valence-electron chi connectivity index (χ0n) is 19.2. The van der Waals surface area contributed by atoms with Crippen LogP contribution in [0.2, 0.25) is 0 Å². The minimum absolute atomic E-state index is 0.0644. The van der Waals surface area contributed by atoms with E-state index in [9.17, 15) is 33.0 Å². The fourth-order valence-corrected chi connectivity index (χ4v) is 4.44. The predicted octanol–water partition coefficient (Wildman–Crippen LogP) is 4.80. The third kappa shape index (κ3) is 4.57. The van der Waals surface area contributed by atoms with Gasteiger partial charge in [-0.2, -0.15) is 13.2 Å². The number of Topliss-reactive ketones (excluding diaryl/α,β-unsaturated/α-hetero) is 1. The van der Waals surface area contributed by atoms with Gasteiger partial charge in [0.1, 0.15) is 24.7 Å². The van der Waals surface area contributed by atoms with Crippen LogP contribution in [0.25, 0.3) is 5.76 Å². The molecule has 2 heterocycles. The van der Waals surface area contributed by atoms with Crippen LogP contribution in [0.4, 0.5) is 13.2 Å². The molecule has 3 aromatic rings. The summed E-state index contributed by atoms with van der Waals surface area (Å²) in [5.74, 6) is -1.69. The van der Waals surface area contributed by atoms with E-state index in [2.05, 4.69) is 0 Å². The number of likely N-dealkylation sites (tertiary alicyclic amines) is 1. The summed E-state index contributed by atoms with van der Waals surface area (Å²) in [5, 5.41) is 21.0. The van der Waals surface area contributed by atoms with Gasteiger partial charge in [0, 0.05) is 12.1 Å². The van der Waals surface area contributed by atoms with Crippen LogP contribution in [0.5, 0.6) is 17.2 Å². The first-order valence-corrected chi connectivity index (χ1v) is 11.3. The molecular weight excluding hydrogens is 491 g/mol. The van der Waals surface area contributed by atoms with Gasteiger partial charge in [0.15, 0.2) is 11.5 Å². The van der Waals surface area contributed by atoms with Crippen LogP contribution in [-0.2, 0) is 22.3 Å². The number of ether oxygens (including phenoxy) is 2. The molecule has 1 fully saturated rings. The van der Waals surface area contributed by atoms with Crippen LogP contribution in [-0.4, -0.2) is 40.0 Å². The summed E-state index contributed by atoms with van der Waals surface area (Å²) in [6.45, 7) is 0.337. The number of alkyl halides is 3. The number of phenols is 1. The Bertz CT molecular complexity index is 1410. The van der Waals surface area contributed by atoms with Gasteiger partial charge in [0.25, 0.3) is 11.7 Å². The van der Waals surface area contributed by atoms with Crippen molar-refractivity contribution in [3.05, 3.63) is 94.6 Å². The number of benzene rings is 3. The number of aromatic hydroxyl groups is 1. The molecule has 1 atom stereocenters. The molecule has 0 saturated carbocycles. The van der Waals surface area contributed by atoms with Gasteiger partial charge in [0.2, 0.25) is 0 Å². The van der Waals surface area contributed by atoms with Crippen LogP contribution in [0.1, 0.15) is 28.3 Å². The first kappa shape index (κ1) is 24.2. The zero-order valence-corrected chi connectivity index (χ0v) is 19.2. The highest BCUT2D eigenvalue weighted by atomic mass is 19.4. The Labute approximate surface area is 209 Å². The Morgan fingerprint density at radius 1 is 0.946 bits per heavy atom. The van der Waals surface area contributed by atoms with E-state index in [0.29, 0.717) is 30.3 Å². The fraction of sp³-hybridized carbons (Fsp3) is 0.185. The summed E-state index contributed by atoms with van der Waals surface area (Å²) in [5.41, 5.74) is -0.397. The number of aliphatic hydroxyl groups is 1. The molecule has 0 radical (unpaired) electrons. The lowest BCUT2D eigenvalue weighted by Crippen LogP contribution is -2.29. The monoisotopic (exact) mass is 511 g/mol. The van der Waals surface area contributed by atoms with E-state index in [-0.39, 0.29) is 29.0 Å². The van der Waals surface area contributed by atoms with Crippen molar-refractivity contribution < 1.29 is 42.4 Å². The second-order valence-corrected chi connectivity index (χ2v) is 8.58. The molecule has 1 saturated heterocycles. The third-order valence-electron chi connectivity index (χ3n) is 6.17. The second-order valence-electron chi connectivity index (χ2n) is 8.58. The van der Waals surface area contributed by atoms with Crippen molar-refractivity contribution in [2.24, 2.45) is 0 Å². The Hall–Kier alpha value is -4.47. The number of phenolic OH excluding ortho intramolecular Hbond substituents is 1. The molecular formula is C27H20F3NO6. The average molecular weight is 511 g/mol. The number of hydrogen-bond donors (Lipinski definition) is 2. The summed E-state index contributed by atoms with van der Waals surface area (Å²) in [7, 11) is 0. The van der Waals surface area contributed by atoms with Gasteiger partial charge in [-0.05, 0) is 53.6 Å². The molecule has 7 nitrogen and oxygen atoms in total. The average Bonchev–Trinajstić information content (AvgIpc) is 3.13. The van der Waals surface area contributed by atoms with Crippen molar-refractivity contribution >= 4 is 17.4 Å². The first-order chi connectivity index (χ1) is 17.6. The van der Waals surface area contributed by atoms with Gasteiger partial charge in [-0.15, -0.1) is 0 Å². The van der Waals surface area contributed by atoms with Gasteiger partial charge in [0.05, 0.1) is 17.2 Å². The van der Waals surface area contributed by atoms with Crippen molar-refractivity contribution in [2.45, 2.75) is 18.8 Å². The Balaban J connectivity index is 1.61. The van der Waals surface area contributed by atoms with Gasteiger partial charge in [-0.3, -0.25) is 9.59 Å². The molecule has 0 aliphatic carbocycles. The van der Waals surface area contributed by atoms with Crippen molar-refractivity contribution in [1.29, 1.82) is 0 Å². The molecule has 5 rings (SSSR count). The minimum Gasteiger partial charge on any atom is -0.508 e. The Morgan fingerprint density at radius 3 is 2.35 bits per heavy atom. The predicted molar refractivity (Wildman–Crippen MR) is 125 cm³/mol. The molecule has 2 N–H and O–H groups in total. The maximum Gasteiger partial charge on any atom is 0.416 e. The topological polar surface area (TPSA) is 96.3 Å². The number of hydrogen-bond acceptors (Lipinski definition) is 6. The summed E-state index contributed by atoms with van der Waals surface area (Å²) >= 11 is 0. The van der Waals surface area contributed by atoms with Crippen molar-refractivity contribution in [3.8, 4) is 17.2 Å². The fourth-order valence-electron chi connectivity index (χ4n) is 4.44. The second kappa shape index (κ2) is 9.20. The highest BCUT2D eigenvalue weighted by Gasteiger charge is 2.46. The molecule has 2 aliphatic rings. The van der Waals surface area contributed by atoms with E-state index in [1.54, 1.807) is 6.07 Å². The van der Waals surface area contributed by atoms with E-state index in [1.165, 1.54) is 48.5 Å². The standard InChI is InChI=1S/C27H20F3NO6/c28-27(29,30)18-3-1-2-15(12-18)14-31-23(16-4-7-19(32)8-5-16)22(25(34)26(31)35)24(33)17-6-9-20-21(13-17)37-11-10-36-20/h1-9,12-13,23,32-33H,10-11,14H2/b24-22-. The number of carbonyl (C=O) groups is 2. The molecule has 1 amide bonds. The Kier molecular flexibility index (Phi) is 6.02. The van der Waals surface area contributed by atoms with Gasteiger partial charge in [-0.25, -0.2) is 0 Å². The number of amides is 1. The van der Waals surface area contributed by atoms with E-state index in [4.69, 9.17) is 9.47 Å². The molecule has 0 aromatic heterocycles. The van der Waals surface area contributed by atoms with Crippen molar-refractivity contribution in [3.63, 3.8) is 0 Å². The minimum atomic E-state index is -4.58. The lowest BCUT2D eigenvalue weighted by atomic mass is 9.95. The molecule has 1 unspecified atom stereocenters. The largest absolute Gasteiger partial charge is 0.508 e. The Morgan fingerprint density at radius 2 is 1.65 bits per heavy atom. The van der Waals surface area contributed by atoms with Gasteiger partial charge < -0.3 is 24.6 Å². The highest BCUT2D eigenvalue weighted by Crippen LogP contribution is 2.42. The molecule has 0 spiro atoms. The molecule has 3 aromatic carbocycles. The van der Waals surface area contributed by atoms with E-state index >= 15 is 0 Å². The van der Waals surface area contributed by atoms with Crippen LogP contribution in [0, 0.1) is 0 Å². The number of nitrogens with zero attached hydrogens (tertiary/aromatic N) is 1. The number of ketones is 1. The number of aliphatic hydroxyl groups excluding tert-OH is 1. The number of halogens is 3. The zero-order chi connectivity index (χ0) is 26.3. The van der Waals surface area contributed by atoms with Crippen molar-refractivity contribution in [2.75, 3.05) is 13.2 Å². The van der Waals surface area contributed by atoms with E-state index in [1.807, 2.05) is 0 Å². The molecule has 2 aliphatic heterocycles. The SMILES string of the molecule is O=C1C(=O)N(Cc2cccc(C(F)(F)F)c2)C(c2ccc(O)cc2)/C1=C(/O)c1ccc2c(c1)OCCO2. The maximum atomic E-state index is 13.3. The number of carbonyl (C=O) groups excluding carboxylic acids is 2. The van der Waals surface area contributed by atoms with Crippen LogP contribution < -0.4 is 9.47 Å². The maximum absolute atomic E-state index is 13.3.